The first kappa shape index (κ1) is 14.6. The lowest BCUT2D eigenvalue weighted by Crippen LogP contribution is -2.39. The number of hydrogen-bond acceptors (Lipinski definition) is 5. The van der Waals surface area contributed by atoms with Gasteiger partial charge in [-0.15, -0.1) is 0 Å². The molecule has 0 radical (unpaired) electrons. The molecule has 0 aromatic carbocycles. The first-order chi connectivity index (χ1) is 10.7. The Kier molecular flexibility index (Phi) is 4.37. The first-order valence-electron chi connectivity index (χ1n) is 7.57. The Balaban J connectivity index is 1.47. The number of aryl methyl sites for hydroxylation is 1. The van der Waals surface area contributed by atoms with E-state index < -0.39 is 0 Å². The van der Waals surface area contributed by atoms with Gasteiger partial charge in [-0.2, -0.15) is 0 Å². The van der Waals surface area contributed by atoms with Gasteiger partial charge in [0.2, 0.25) is 0 Å². The van der Waals surface area contributed by atoms with E-state index in [9.17, 15) is 4.79 Å². The highest BCUT2D eigenvalue weighted by Gasteiger charge is 2.21. The second-order valence-corrected chi connectivity index (χ2v) is 5.64. The molecule has 6 nitrogen and oxygen atoms in total. The third-order valence-corrected chi connectivity index (χ3v) is 3.98. The summed E-state index contributed by atoms with van der Waals surface area (Å²) in [5.74, 6) is 1.66. The van der Waals surface area contributed by atoms with Gasteiger partial charge in [0, 0.05) is 25.8 Å². The lowest BCUT2D eigenvalue weighted by Gasteiger charge is -2.32. The van der Waals surface area contributed by atoms with Gasteiger partial charge >= 0.3 is 0 Å². The number of piperidine rings is 1. The monoisotopic (exact) mass is 300 g/mol. The van der Waals surface area contributed by atoms with Gasteiger partial charge < -0.3 is 14.6 Å². The fourth-order valence-corrected chi connectivity index (χ4v) is 2.70. The number of nitrogens with zero attached hydrogens (tertiary/aromatic N) is 3. The van der Waals surface area contributed by atoms with E-state index in [1.165, 1.54) is 6.26 Å². The van der Waals surface area contributed by atoms with Crippen molar-refractivity contribution in [1.29, 1.82) is 0 Å². The molecule has 0 saturated carbocycles. The van der Waals surface area contributed by atoms with E-state index in [1.54, 1.807) is 18.3 Å². The lowest BCUT2D eigenvalue weighted by molar-refractivity contribution is 0.0917. The number of rotatable bonds is 4. The van der Waals surface area contributed by atoms with Crippen LogP contribution in [0.25, 0.3) is 0 Å². The Morgan fingerprint density at radius 3 is 2.91 bits per heavy atom. The van der Waals surface area contributed by atoms with Crippen LogP contribution in [0, 0.1) is 12.8 Å². The third kappa shape index (κ3) is 3.44. The van der Waals surface area contributed by atoms with Crippen LogP contribution in [0.15, 0.2) is 35.2 Å². The van der Waals surface area contributed by atoms with Crippen molar-refractivity contribution in [1.82, 2.24) is 15.3 Å². The molecule has 22 heavy (non-hydrogen) atoms. The minimum absolute atomic E-state index is 0.142. The van der Waals surface area contributed by atoms with E-state index in [0.717, 1.165) is 37.4 Å². The molecular formula is C16H20N4O2. The van der Waals surface area contributed by atoms with Crippen molar-refractivity contribution in [3.63, 3.8) is 0 Å². The molecule has 1 fully saturated rings. The van der Waals surface area contributed by atoms with Crippen molar-refractivity contribution >= 4 is 11.7 Å². The Morgan fingerprint density at radius 2 is 2.23 bits per heavy atom. The van der Waals surface area contributed by atoms with Crippen LogP contribution >= 0.6 is 0 Å². The Morgan fingerprint density at radius 1 is 1.41 bits per heavy atom. The zero-order valence-corrected chi connectivity index (χ0v) is 12.7. The highest BCUT2D eigenvalue weighted by atomic mass is 16.3. The fourth-order valence-electron chi connectivity index (χ4n) is 2.70. The predicted octanol–water partition coefficient (Wildman–Crippen LogP) is 2.02. The molecule has 1 amide bonds. The molecule has 0 spiro atoms. The van der Waals surface area contributed by atoms with Gasteiger partial charge in [-0.3, -0.25) is 9.78 Å². The maximum atomic E-state index is 11.8. The zero-order valence-electron chi connectivity index (χ0n) is 12.7. The topological polar surface area (TPSA) is 71.3 Å². The highest BCUT2D eigenvalue weighted by molar-refractivity contribution is 5.91. The van der Waals surface area contributed by atoms with Gasteiger partial charge in [0.05, 0.1) is 18.2 Å². The maximum absolute atomic E-state index is 11.8. The molecule has 2 aromatic rings. The van der Waals surface area contributed by atoms with Crippen molar-refractivity contribution < 1.29 is 9.21 Å². The normalized spacial score (nSPS) is 15.8. The summed E-state index contributed by atoms with van der Waals surface area (Å²) in [7, 11) is 0. The third-order valence-electron chi connectivity index (χ3n) is 3.98. The van der Waals surface area contributed by atoms with Crippen LogP contribution < -0.4 is 10.2 Å². The van der Waals surface area contributed by atoms with E-state index in [1.807, 2.05) is 13.1 Å². The first-order valence-corrected chi connectivity index (χ1v) is 7.57. The number of nitrogens with one attached hydrogen (secondary N) is 1. The Bertz CT molecular complexity index is 619. The summed E-state index contributed by atoms with van der Waals surface area (Å²) in [6, 6.07) is 3.39. The fraction of sp³-hybridized carbons (Fsp3) is 0.438. The van der Waals surface area contributed by atoms with E-state index >= 15 is 0 Å². The number of amides is 1. The molecule has 1 aliphatic heterocycles. The quantitative estimate of drug-likeness (QED) is 0.935. The number of carbonyl (C=O) groups excluding carboxylic acids is 1. The summed E-state index contributed by atoms with van der Waals surface area (Å²) < 4.78 is 5.09. The van der Waals surface area contributed by atoms with Crippen LogP contribution in [-0.4, -0.2) is 35.5 Å². The van der Waals surface area contributed by atoms with E-state index in [0.29, 0.717) is 18.2 Å². The number of furan rings is 1. The van der Waals surface area contributed by atoms with E-state index in [2.05, 4.69) is 20.2 Å². The van der Waals surface area contributed by atoms with Crippen molar-refractivity contribution in [3.05, 3.63) is 42.2 Å². The van der Waals surface area contributed by atoms with Gasteiger partial charge in [-0.25, -0.2) is 4.98 Å². The molecule has 0 atom stereocenters. The van der Waals surface area contributed by atoms with Gasteiger partial charge in [0.25, 0.3) is 5.91 Å². The second kappa shape index (κ2) is 6.60. The predicted molar refractivity (Wildman–Crippen MR) is 82.7 cm³/mol. The molecule has 1 aliphatic rings. The van der Waals surface area contributed by atoms with Crippen LogP contribution in [0.1, 0.15) is 29.1 Å². The van der Waals surface area contributed by atoms with Crippen LogP contribution in [0.2, 0.25) is 0 Å². The highest BCUT2D eigenvalue weighted by Crippen LogP contribution is 2.21. The van der Waals surface area contributed by atoms with Gasteiger partial charge in [0.15, 0.2) is 5.76 Å². The maximum Gasteiger partial charge on any atom is 0.286 e. The van der Waals surface area contributed by atoms with Crippen molar-refractivity contribution in [2.45, 2.75) is 19.8 Å². The van der Waals surface area contributed by atoms with Crippen molar-refractivity contribution in [2.75, 3.05) is 24.5 Å². The summed E-state index contributed by atoms with van der Waals surface area (Å²) in [5.41, 5.74) is 0.935. The largest absolute Gasteiger partial charge is 0.459 e. The minimum Gasteiger partial charge on any atom is -0.459 e. The summed E-state index contributed by atoms with van der Waals surface area (Å²) in [6.45, 7) is 4.53. The van der Waals surface area contributed by atoms with Crippen molar-refractivity contribution in [2.24, 2.45) is 5.92 Å². The molecule has 0 aliphatic carbocycles. The van der Waals surface area contributed by atoms with Gasteiger partial charge in [0.1, 0.15) is 5.82 Å². The molecule has 1 N–H and O–H groups in total. The average Bonchev–Trinajstić information content (AvgIpc) is 3.08. The molecule has 0 bridgehead atoms. The van der Waals surface area contributed by atoms with Crippen LogP contribution in [0.5, 0.6) is 0 Å². The number of anilines is 1. The van der Waals surface area contributed by atoms with Gasteiger partial charge in [-0.05, 0) is 37.8 Å². The lowest BCUT2D eigenvalue weighted by atomic mass is 9.97. The molecule has 0 unspecified atom stereocenters. The molecule has 116 valence electrons. The Labute approximate surface area is 129 Å². The number of aromatic nitrogens is 2. The van der Waals surface area contributed by atoms with Crippen LogP contribution in [-0.2, 0) is 0 Å². The summed E-state index contributed by atoms with van der Waals surface area (Å²) in [4.78, 5) is 22.8. The summed E-state index contributed by atoms with van der Waals surface area (Å²) in [5, 5.41) is 2.94. The molecule has 6 heteroatoms. The smallest absolute Gasteiger partial charge is 0.286 e. The number of hydrogen-bond donors (Lipinski definition) is 1. The SMILES string of the molecule is Cc1cncc(N2CCC(CNC(=O)c3ccco3)CC2)n1. The van der Waals surface area contributed by atoms with E-state index in [4.69, 9.17) is 4.42 Å². The Hall–Kier alpha value is -2.37. The molecule has 3 rings (SSSR count). The molecular weight excluding hydrogens is 280 g/mol. The standard InChI is InChI=1S/C16H20N4O2/c1-12-9-17-11-15(19-12)20-6-4-13(5-7-20)10-18-16(21)14-3-2-8-22-14/h2-3,8-9,11,13H,4-7,10H2,1H3,(H,18,21). The summed E-state index contributed by atoms with van der Waals surface area (Å²) >= 11 is 0. The summed E-state index contributed by atoms with van der Waals surface area (Å²) in [6.07, 6.45) is 7.16. The minimum atomic E-state index is -0.142. The average molecular weight is 300 g/mol. The van der Waals surface area contributed by atoms with Gasteiger partial charge in [-0.1, -0.05) is 0 Å². The number of carbonyl (C=O) groups is 1. The molecule has 1 saturated heterocycles. The van der Waals surface area contributed by atoms with Crippen LogP contribution in [0.3, 0.4) is 0 Å². The van der Waals surface area contributed by atoms with Crippen molar-refractivity contribution in [3.8, 4) is 0 Å². The molecule has 2 aromatic heterocycles. The van der Waals surface area contributed by atoms with Crippen LogP contribution in [0.4, 0.5) is 5.82 Å². The zero-order chi connectivity index (χ0) is 15.4. The molecule has 3 heterocycles. The van der Waals surface area contributed by atoms with E-state index in [-0.39, 0.29) is 5.91 Å². The second-order valence-electron chi connectivity index (χ2n) is 5.64.